The SMILES string of the molecule is O=C(CCC1CCN(c2cc(NC3CC3)ncn2)CC1)N1CCCN(c2ncccn2)CC1. The van der Waals surface area contributed by atoms with Gasteiger partial charge in [-0.15, -0.1) is 0 Å². The Kier molecular flexibility index (Phi) is 6.83. The molecule has 5 rings (SSSR count). The molecule has 0 aromatic carbocycles. The Hall–Kier alpha value is -2.97. The summed E-state index contributed by atoms with van der Waals surface area (Å²) in [6.07, 6.45) is 12.5. The molecule has 9 heteroatoms. The van der Waals surface area contributed by atoms with Crippen molar-refractivity contribution in [3.63, 3.8) is 0 Å². The summed E-state index contributed by atoms with van der Waals surface area (Å²) in [5, 5.41) is 3.45. The molecule has 4 heterocycles. The normalized spacial score (nSPS) is 19.9. The molecule has 2 aliphatic heterocycles. The fourth-order valence-electron chi connectivity index (χ4n) is 4.79. The highest BCUT2D eigenvalue weighted by atomic mass is 16.2. The lowest BCUT2D eigenvalue weighted by Gasteiger charge is -2.33. The first kappa shape index (κ1) is 21.9. The third-order valence-corrected chi connectivity index (χ3v) is 6.97. The van der Waals surface area contributed by atoms with Gasteiger partial charge in [0.15, 0.2) is 0 Å². The molecule has 3 fully saturated rings. The maximum Gasteiger partial charge on any atom is 0.225 e. The van der Waals surface area contributed by atoms with E-state index in [1.54, 1.807) is 18.7 Å². The highest BCUT2D eigenvalue weighted by molar-refractivity contribution is 5.76. The molecule has 2 aromatic rings. The number of piperidine rings is 1. The summed E-state index contributed by atoms with van der Waals surface area (Å²) in [6.45, 7) is 5.26. The summed E-state index contributed by atoms with van der Waals surface area (Å²) in [5.74, 6) is 3.61. The zero-order valence-electron chi connectivity index (χ0n) is 19.3. The summed E-state index contributed by atoms with van der Waals surface area (Å²) >= 11 is 0. The van der Waals surface area contributed by atoms with E-state index in [1.807, 2.05) is 11.0 Å². The number of aromatic nitrogens is 4. The maximum atomic E-state index is 12.9. The smallest absolute Gasteiger partial charge is 0.225 e. The lowest BCUT2D eigenvalue weighted by molar-refractivity contribution is -0.131. The van der Waals surface area contributed by atoms with E-state index in [-0.39, 0.29) is 0 Å². The van der Waals surface area contributed by atoms with Crippen molar-refractivity contribution < 1.29 is 4.79 Å². The maximum absolute atomic E-state index is 12.9. The number of carbonyl (C=O) groups is 1. The number of rotatable bonds is 7. The molecule has 2 aromatic heterocycles. The van der Waals surface area contributed by atoms with Crippen LogP contribution in [0.2, 0.25) is 0 Å². The second-order valence-corrected chi connectivity index (χ2v) is 9.42. The van der Waals surface area contributed by atoms with Gasteiger partial charge in [-0.1, -0.05) is 0 Å². The van der Waals surface area contributed by atoms with Crippen LogP contribution in [-0.4, -0.2) is 76.1 Å². The van der Waals surface area contributed by atoms with Crippen molar-refractivity contribution in [1.29, 1.82) is 0 Å². The largest absolute Gasteiger partial charge is 0.367 e. The first-order valence-corrected chi connectivity index (χ1v) is 12.4. The van der Waals surface area contributed by atoms with Crippen LogP contribution in [0.3, 0.4) is 0 Å². The van der Waals surface area contributed by atoms with Gasteiger partial charge >= 0.3 is 0 Å². The van der Waals surface area contributed by atoms with Crippen molar-refractivity contribution >= 4 is 23.5 Å². The summed E-state index contributed by atoms with van der Waals surface area (Å²) in [6, 6.07) is 4.50. The van der Waals surface area contributed by atoms with Crippen LogP contribution in [0, 0.1) is 5.92 Å². The number of amides is 1. The molecule has 0 unspecified atom stereocenters. The third kappa shape index (κ3) is 5.89. The lowest BCUT2D eigenvalue weighted by atomic mass is 9.92. The van der Waals surface area contributed by atoms with E-state index < -0.39 is 0 Å². The number of anilines is 3. The standard InChI is InChI=1S/C24H34N8O/c33-23(31-11-2-12-32(16-15-31)24-25-9-1-10-26-24)6-3-19-7-13-30(14-8-19)22-17-21(27-18-28-22)29-20-4-5-20/h1,9-10,17-20H,2-8,11-16H2,(H,27,28,29). The van der Waals surface area contributed by atoms with Gasteiger partial charge in [0.25, 0.3) is 0 Å². The van der Waals surface area contributed by atoms with Crippen molar-refractivity contribution in [3.8, 4) is 0 Å². The number of nitrogens with one attached hydrogen (secondary N) is 1. The minimum absolute atomic E-state index is 0.292. The van der Waals surface area contributed by atoms with Crippen LogP contribution in [0.1, 0.15) is 44.9 Å². The minimum Gasteiger partial charge on any atom is -0.367 e. The summed E-state index contributed by atoms with van der Waals surface area (Å²) in [5.41, 5.74) is 0. The van der Waals surface area contributed by atoms with Crippen molar-refractivity contribution in [1.82, 2.24) is 24.8 Å². The van der Waals surface area contributed by atoms with Crippen LogP contribution in [-0.2, 0) is 4.79 Å². The number of hydrogen-bond donors (Lipinski definition) is 1. The Morgan fingerprint density at radius 2 is 1.73 bits per heavy atom. The van der Waals surface area contributed by atoms with Crippen LogP contribution in [0.25, 0.3) is 0 Å². The van der Waals surface area contributed by atoms with Gasteiger partial charge in [0, 0.05) is 70.2 Å². The van der Waals surface area contributed by atoms with E-state index in [0.717, 1.165) is 82.5 Å². The van der Waals surface area contributed by atoms with Gasteiger partial charge in [-0.2, -0.15) is 0 Å². The van der Waals surface area contributed by atoms with Crippen LogP contribution in [0.4, 0.5) is 17.6 Å². The Labute approximate surface area is 195 Å². The van der Waals surface area contributed by atoms with E-state index in [4.69, 9.17) is 0 Å². The van der Waals surface area contributed by atoms with Crippen molar-refractivity contribution in [2.24, 2.45) is 5.92 Å². The Balaban J connectivity index is 1.05. The summed E-state index contributed by atoms with van der Waals surface area (Å²) in [4.78, 5) is 37.0. The molecule has 0 radical (unpaired) electrons. The molecule has 1 N–H and O–H groups in total. The van der Waals surface area contributed by atoms with Gasteiger partial charge in [-0.25, -0.2) is 19.9 Å². The lowest BCUT2D eigenvalue weighted by Crippen LogP contribution is -2.37. The molecule has 3 aliphatic rings. The zero-order chi connectivity index (χ0) is 22.5. The highest BCUT2D eigenvalue weighted by Gasteiger charge is 2.25. The molecule has 1 aliphatic carbocycles. The van der Waals surface area contributed by atoms with Crippen molar-refractivity contribution in [3.05, 3.63) is 30.9 Å². The van der Waals surface area contributed by atoms with E-state index in [1.165, 1.54) is 12.8 Å². The first-order valence-electron chi connectivity index (χ1n) is 12.4. The van der Waals surface area contributed by atoms with Crippen LogP contribution in [0.15, 0.2) is 30.9 Å². The van der Waals surface area contributed by atoms with Crippen LogP contribution in [0.5, 0.6) is 0 Å². The molecule has 0 atom stereocenters. The van der Waals surface area contributed by atoms with Gasteiger partial charge in [0.2, 0.25) is 11.9 Å². The van der Waals surface area contributed by atoms with E-state index in [9.17, 15) is 4.79 Å². The number of carbonyl (C=O) groups excluding carboxylic acids is 1. The molecule has 33 heavy (non-hydrogen) atoms. The van der Waals surface area contributed by atoms with E-state index in [0.29, 0.717) is 24.3 Å². The van der Waals surface area contributed by atoms with Gasteiger partial charge in [-0.05, 0) is 50.5 Å². The summed E-state index contributed by atoms with van der Waals surface area (Å²) in [7, 11) is 0. The molecular formula is C24H34N8O. The Bertz CT molecular complexity index is 914. The highest BCUT2D eigenvalue weighted by Crippen LogP contribution is 2.28. The molecule has 2 saturated heterocycles. The monoisotopic (exact) mass is 450 g/mol. The van der Waals surface area contributed by atoms with Crippen molar-refractivity contribution in [2.75, 3.05) is 54.4 Å². The topological polar surface area (TPSA) is 90.4 Å². The Morgan fingerprint density at radius 3 is 2.52 bits per heavy atom. The average molecular weight is 451 g/mol. The molecule has 1 amide bonds. The second-order valence-electron chi connectivity index (χ2n) is 9.42. The summed E-state index contributed by atoms with van der Waals surface area (Å²) < 4.78 is 0. The molecule has 1 saturated carbocycles. The fourth-order valence-corrected chi connectivity index (χ4v) is 4.79. The van der Waals surface area contributed by atoms with Gasteiger partial charge in [0.05, 0.1) is 0 Å². The molecule has 0 spiro atoms. The van der Waals surface area contributed by atoms with Crippen LogP contribution < -0.4 is 15.1 Å². The molecular weight excluding hydrogens is 416 g/mol. The third-order valence-electron chi connectivity index (χ3n) is 6.97. The van der Waals surface area contributed by atoms with E-state index in [2.05, 4.69) is 41.1 Å². The molecule has 0 bridgehead atoms. The first-order chi connectivity index (χ1) is 16.2. The minimum atomic E-state index is 0.292. The van der Waals surface area contributed by atoms with Crippen molar-refractivity contribution in [2.45, 2.75) is 51.0 Å². The average Bonchev–Trinajstić information content (AvgIpc) is 3.70. The Morgan fingerprint density at radius 1 is 0.909 bits per heavy atom. The molecule has 9 nitrogen and oxygen atoms in total. The van der Waals surface area contributed by atoms with E-state index >= 15 is 0 Å². The van der Waals surface area contributed by atoms with Gasteiger partial charge in [0.1, 0.15) is 18.0 Å². The zero-order valence-corrected chi connectivity index (χ0v) is 19.3. The van der Waals surface area contributed by atoms with Gasteiger partial charge < -0.3 is 20.0 Å². The number of nitrogens with zero attached hydrogens (tertiary/aromatic N) is 7. The quantitative estimate of drug-likeness (QED) is 0.688. The van der Waals surface area contributed by atoms with Gasteiger partial charge in [-0.3, -0.25) is 4.79 Å². The second kappa shape index (κ2) is 10.3. The number of hydrogen-bond acceptors (Lipinski definition) is 8. The van der Waals surface area contributed by atoms with Crippen LogP contribution >= 0.6 is 0 Å². The molecule has 176 valence electrons. The predicted octanol–water partition coefficient (Wildman–Crippen LogP) is 2.58. The fraction of sp³-hybridized carbons (Fsp3) is 0.625. The predicted molar refractivity (Wildman–Crippen MR) is 128 cm³/mol.